The molecule has 0 radical (unpaired) electrons. The number of halogens is 2. The second kappa shape index (κ2) is 10.8. The number of piperidine rings is 1. The number of hydrogen-bond acceptors (Lipinski definition) is 4. The van der Waals surface area contributed by atoms with Gasteiger partial charge in [0.15, 0.2) is 0 Å². The highest BCUT2D eigenvalue weighted by Crippen LogP contribution is 2.33. The molecule has 2 heterocycles. The van der Waals surface area contributed by atoms with Gasteiger partial charge in [0, 0.05) is 45.1 Å². The number of carbonyl (C=O) groups excluding carboxylic acids is 2. The predicted molar refractivity (Wildman–Crippen MR) is 112 cm³/mol. The Morgan fingerprint density at radius 1 is 1.31 bits per heavy atom. The first kappa shape index (κ1) is 23.4. The van der Waals surface area contributed by atoms with Crippen LogP contribution in [0, 0.1) is 17.2 Å². The second-order valence-corrected chi connectivity index (χ2v) is 7.70. The first-order valence-electron chi connectivity index (χ1n) is 9.90. The smallest absolute Gasteiger partial charge is 0.319 e. The molecule has 2 fully saturated rings. The molecule has 7 nitrogen and oxygen atoms in total. The molecular weight excluding hydrogens is 399 g/mol. The van der Waals surface area contributed by atoms with E-state index in [1.165, 1.54) is 12.1 Å². The molecular formula is C20H30ClFN4O3. The lowest BCUT2D eigenvalue weighted by molar-refractivity contribution is -0.149. The molecule has 3 amide bonds. The Hall–Kier alpha value is -1.90. The number of amides is 3. The molecule has 3 rings (SSSR count). The molecule has 1 aromatic rings. The third-order valence-corrected chi connectivity index (χ3v) is 5.73. The summed E-state index contributed by atoms with van der Waals surface area (Å²) in [5.41, 5.74) is 5.86. The van der Waals surface area contributed by atoms with Crippen LogP contribution < -0.4 is 16.4 Å². The number of likely N-dealkylation sites (tertiary alicyclic amines) is 1. The van der Waals surface area contributed by atoms with Gasteiger partial charge in [-0.05, 0) is 49.8 Å². The van der Waals surface area contributed by atoms with E-state index < -0.39 is 11.2 Å². The summed E-state index contributed by atoms with van der Waals surface area (Å²) in [6.07, 6.45) is 3.18. The maximum atomic E-state index is 13.2. The molecule has 4 N–H and O–H groups in total. The monoisotopic (exact) mass is 428 g/mol. The molecule has 0 saturated carbocycles. The Kier molecular flexibility index (Phi) is 8.67. The van der Waals surface area contributed by atoms with E-state index in [9.17, 15) is 14.0 Å². The van der Waals surface area contributed by atoms with Crippen molar-refractivity contribution >= 4 is 30.0 Å². The van der Waals surface area contributed by atoms with Crippen LogP contribution in [0.1, 0.15) is 25.7 Å². The normalized spacial score (nSPS) is 21.0. The van der Waals surface area contributed by atoms with Gasteiger partial charge in [-0.25, -0.2) is 9.18 Å². The average molecular weight is 429 g/mol. The first-order chi connectivity index (χ1) is 13.5. The molecule has 1 unspecified atom stereocenters. The number of urea groups is 1. The van der Waals surface area contributed by atoms with Gasteiger partial charge in [0.1, 0.15) is 5.82 Å². The molecule has 0 aromatic heterocycles. The van der Waals surface area contributed by atoms with Crippen LogP contribution in [0.25, 0.3) is 0 Å². The van der Waals surface area contributed by atoms with Gasteiger partial charge >= 0.3 is 6.03 Å². The third kappa shape index (κ3) is 6.04. The number of rotatable bonds is 5. The number of nitrogens with two attached hydrogens (primary N) is 1. The Bertz CT molecular complexity index is 700. The first-order valence-corrected chi connectivity index (χ1v) is 9.90. The van der Waals surface area contributed by atoms with Crippen LogP contribution in [0.3, 0.4) is 0 Å². The molecule has 29 heavy (non-hydrogen) atoms. The second-order valence-electron chi connectivity index (χ2n) is 7.70. The lowest BCUT2D eigenvalue weighted by Crippen LogP contribution is -2.54. The summed E-state index contributed by atoms with van der Waals surface area (Å²) in [6.45, 7) is 3.29. The molecule has 0 spiro atoms. The Labute approximate surface area is 176 Å². The zero-order valence-corrected chi connectivity index (χ0v) is 17.3. The SMILES string of the molecule is Cl.NCC1(C(=O)N2CCCC(CNC(=O)Nc3cccc(F)c3)C2)CCOCC1. The topological polar surface area (TPSA) is 96.7 Å². The summed E-state index contributed by atoms with van der Waals surface area (Å²) in [5, 5.41) is 5.45. The maximum Gasteiger partial charge on any atom is 0.319 e. The third-order valence-electron chi connectivity index (χ3n) is 5.73. The summed E-state index contributed by atoms with van der Waals surface area (Å²) < 4.78 is 18.6. The zero-order valence-electron chi connectivity index (χ0n) is 16.5. The zero-order chi connectivity index (χ0) is 20.0. The highest BCUT2D eigenvalue weighted by molar-refractivity contribution is 5.89. The number of hydrogen-bond donors (Lipinski definition) is 3. The fraction of sp³-hybridized carbons (Fsp3) is 0.600. The number of nitrogens with zero attached hydrogens (tertiary/aromatic N) is 1. The molecule has 162 valence electrons. The van der Waals surface area contributed by atoms with E-state index in [2.05, 4.69) is 10.6 Å². The van der Waals surface area contributed by atoms with Gasteiger partial charge in [0.05, 0.1) is 5.41 Å². The van der Waals surface area contributed by atoms with E-state index in [1.54, 1.807) is 12.1 Å². The Balaban J connectivity index is 0.00000300. The van der Waals surface area contributed by atoms with Gasteiger partial charge in [-0.3, -0.25) is 4.79 Å². The van der Waals surface area contributed by atoms with Gasteiger partial charge in [0.2, 0.25) is 5.91 Å². The highest BCUT2D eigenvalue weighted by atomic mass is 35.5. The van der Waals surface area contributed by atoms with Crippen molar-refractivity contribution in [2.45, 2.75) is 25.7 Å². The van der Waals surface area contributed by atoms with Crippen LogP contribution in [0.15, 0.2) is 24.3 Å². The summed E-state index contributed by atoms with van der Waals surface area (Å²) in [7, 11) is 0. The minimum Gasteiger partial charge on any atom is -0.381 e. The van der Waals surface area contributed by atoms with E-state index >= 15 is 0 Å². The average Bonchev–Trinajstić information content (AvgIpc) is 2.72. The standard InChI is InChI=1S/C20H29FN4O3.ClH/c21-16-4-1-5-17(11-16)24-19(27)23-12-15-3-2-8-25(13-15)18(26)20(14-22)6-9-28-10-7-20;/h1,4-5,11,15H,2-3,6-10,12-14,22H2,(H2,23,24,27);1H. The van der Waals surface area contributed by atoms with Crippen LogP contribution in [0.5, 0.6) is 0 Å². The van der Waals surface area contributed by atoms with Crippen molar-refractivity contribution in [1.29, 1.82) is 0 Å². The number of benzene rings is 1. The number of ether oxygens (including phenoxy) is 1. The number of anilines is 1. The van der Waals surface area contributed by atoms with Crippen molar-refractivity contribution in [3.05, 3.63) is 30.1 Å². The van der Waals surface area contributed by atoms with Crippen molar-refractivity contribution in [1.82, 2.24) is 10.2 Å². The van der Waals surface area contributed by atoms with Crippen molar-refractivity contribution < 1.29 is 18.7 Å². The highest BCUT2D eigenvalue weighted by Gasteiger charge is 2.42. The van der Waals surface area contributed by atoms with Crippen molar-refractivity contribution in [2.75, 3.05) is 44.7 Å². The van der Waals surface area contributed by atoms with Crippen LogP contribution in [0.4, 0.5) is 14.9 Å². The molecule has 1 atom stereocenters. The van der Waals surface area contributed by atoms with E-state index in [-0.39, 0.29) is 30.3 Å². The van der Waals surface area contributed by atoms with Gasteiger partial charge in [-0.1, -0.05) is 6.07 Å². The maximum absolute atomic E-state index is 13.2. The lowest BCUT2D eigenvalue weighted by Gasteiger charge is -2.42. The lowest BCUT2D eigenvalue weighted by atomic mass is 9.78. The molecule has 0 bridgehead atoms. The fourth-order valence-corrected chi connectivity index (χ4v) is 4.00. The molecule has 2 aliphatic rings. The summed E-state index contributed by atoms with van der Waals surface area (Å²) >= 11 is 0. The van der Waals surface area contributed by atoms with Crippen molar-refractivity contribution in [3.63, 3.8) is 0 Å². The van der Waals surface area contributed by atoms with Crippen LogP contribution in [-0.2, 0) is 9.53 Å². The molecule has 0 aliphatic carbocycles. The minimum atomic E-state index is -0.512. The van der Waals surface area contributed by atoms with E-state index in [0.29, 0.717) is 51.4 Å². The minimum absolute atomic E-state index is 0. The summed E-state index contributed by atoms with van der Waals surface area (Å²) in [4.78, 5) is 27.1. The Morgan fingerprint density at radius 2 is 2.07 bits per heavy atom. The van der Waals surface area contributed by atoms with Gasteiger partial charge in [-0.2, -0.15) is 0 Å². The molecule has 9 heteroatoms. The van der Waals surface area contributed by atoms with Crippen LogP contribution in [0.2, 0.25) is 0 Å². The van der Waals surface area contributed by atoms with Crippen LogP contribution >= 0.6 is 12.4 Å². The van der Waals surface area contributed by atoms with Crippen LogP contribution in [-0.4, -0.2) is 56.2 Å². The fourth-order valence-electron chi connectivity index (χ4n) is 4.00. The molecule has 2 aliphatic heterocycles. The number of carbonyl (C=O) groups is 2. The number of nitrogens with one attached hydrogen (secondary N) is 2. The predicted octanol–water partition coefficient (Wildman–Crippen LogP) is 2.36. The summed E-state index contributed by atoms with van der Waals surface area (Å²) in [6, 6.07) is 5.38. The van der Waals surface area contributed by atoms with Gasteiger partial charge in [-0.15, -0.1) is 12.4 Å². The van der Waals surface area contributed by atoms with E-state index in [1.807, 2.05) is 4.90 Å². The van der Waals surface area contributed by atoms with Gasteiger partial charge < -0.3 is 26.0 Å². The van der Waals surface area contributed by atoms with E-state index in [4.69, 9.17) is 10.5 Å². The van der Waals surface area contributed by atoms with Crippen molar-refractivity contribution in [2.24, 2.45) is 17.1 Å². The molecule has 1 aromatic carbocycles. The Morgan fingerprint density at radius 3 is 2.76 bits per heavy atom. The quantitative estimate of drug-likeness (QED) is 0.670. The largest absolute Gasteiger partial charge is 0.381 e. The van der Waals surface area contributed by atoms with E-state index in [0.717, 1.165) is 19.4 Å². The van der Waals surface area contributed by atoms with Gasteiger partial charge in [0.25, 0.3) is 0 Å². The molecule has 2 saturated heterocycles. The summed E-state index contributed by atoms with van der Waals surface area (Å²) in [5.74, 6) is -0.0981. The van der Waals surface area contributed by atoms with Crippen molar-refractivity contribution in [3.8, 4) is 0 Å².